The van der Waals surface area contributed by atoms with Crippen molar-refractivity contribution in [3.63, 3.8) is 0 Å². The van der Waals surface area contributed by atoms with Crippen molar-refractivity contribution < 1.29 is 0 Å². The lowest BCUT2D eigenvalue weighted by Gasteiger charge is -2.26. The Bertz CT molecular complexity index is 1490. The molecular formula is C29H28ClN7S. The van der Waals surface area contributed by atoms with E-state index in [0.717, 1.165) is 40.7 Å². The largest absolute Gasteiger partial charge is 0.363 e. The molecule has 1 aromatic heterocycles. The van der Waals surface area contributed by atoms with Gasteiger partial charge in [-0.15, -0.1) is 15.3 Å². The molecule has 0 saturated carbocycles. The van der Waals surface area contributed by atoms with Gasteiger partial charge in [-0.3, -0.25) is 0 Å². The first kappa shape index (κ1) is 25.9. The van der Waals surface area contributed by atoms with E-state index in [2.05, 4.69) is 41.7 Å². The molecule has 192 valence electrons. The average Bonchev–Trinajstić information content (AvgIpc) is 3.41. The van der Waals surface area contributed by atoms with Crippen molar-refractivity contribution in [2.45, 2.75) is 33.1 Å². The smallest absolute Gasteiger partial charge is 0.140 e. The van der Waals surface area contributed by atoms with Gasteiger partial charge in [0.1, 0.15) is 10.7 Å². The van der Waals surface area contributed by atoms with E-state index in [1.165, 1.54) is 29.8 Å². The topological polar surface area (TPSA) is 77.4 Å². The molecule has 2 heterocycles. The number of aryl methyl sites for hydroxylation is 2. The summed E-state index contributed by atoms with van der Waals surface area (Å²) < 4.78 is 0. The molecule has 0 amide bonds. The molecule has 9 heteroatoms. The van der Waals surface area contributed by atoms with Gasteiger partial charge in [0.15, 0.2) is 0 Å². The second kappa shape index (κ2) is 12.2. The Hall–Kier alpha value is -3.75. The van der Waals surface area contributed by atoms with Gasteiger partial charge in [0.05, 0.1) is 32.8 Å². The zero-order chi connectivity index (χ0) is 26.3. The number of anilines is 1. The van der Waals surface area contributed by atoms with Crippen LogP contribution in [-0.4, -0.2) is 13.1 Å². The van der Waals surface area contributed by atoms with Crippen LogP contribution >= 0.6 is 22.9 Å². The quantitative estimate of drug-likeness (QED) is 0.214. The van der Waals surface area contributed by atoms with Gasteiger partial charge in [-0.25, -0.2) is 0 Å². The maximum absolute atomic E-state index is 6.41. The molecule has 0 bridgehead atoms. The number of halogens is 1. The molecular weight excluding hydrogens is 514 g/mol. The second-order valence-corrected chi connectivity index (χ2v) is 10.6. The van der Waals surface area contributed by atoms with Crippen molar-refractivity contribution in [1.29, 1.82) is 0 Å². The molecule has 5 rings (SSSR count). The molecule has 0 radical (unpaired) electrons. The van der Waals surface area contributed by atoms with Crippen LogP contribution in [0.2, 0.25) is 5.02 Å². The molecule has 3 aromatic carbocycles. The zero-order valence-electron chi connectivity index (χ0n) is 21.4. The van der Waals surface area contributed by atoms with E-state index in [1.54, 1.807) is 23.5 Å². The van der Waals surface area contributed by atoms with Crippen molar-refractivity contribution in [3.05, 3.63) is 88.9 Å². The Morgan fingerprint density at radius 1 is 0.632 bits per heavy atom. The highest BCUT2D eigenvalue weighted by Gasteiger charge is 2.12. The summed E-state index contributed by atoms with van der Waals surface area (Å²) in [6.07, 6.45) is 3.85. The summed E-state index contributed by atoms with van der Waals surface area (Å²) >= 11 is 8.09. The lowest BCUT2D eigenvalue weighted by Crippen LogP contribution is -2.28. The molecule has 1 fully saturated rings. The Balaban J connectivity index is 1.22. The molecule has 0 N–H and O–H groups in total. The van der Waals surface area contributed by atoms with Crippen LogP contribution in [0.1, 0.15) is 30.4 Å². The predicted molar refractivity (Wildman–Crippen MR) is 157 cm³/mol. The second-order valence-electron chi connectivity index (χ2n) is 9.20. The summed E-state index contributed by atoms with van der Waals surface area (Å²) in [6.45, 7) is 6.27. The molecule has 4 aromatic rings. The normalized spacial score (nSPS) is 14.3. The summed E-state index contributed by atoms with van der Waals surface area (Å²) in [5.41, 5.74) is 5.64. The van der Waals surface area contributed by atoms with E-state index in [0.29, 0.717) is 16.4 Å². The third-order valence-electron chi connectivity index (χ3n) is 6.20. The molecule has 7 nitrogen and oxygen atoms in total. The molecule has 0 atom stereocenters. The van der Waals surface area contributed by atoms with Crippen LogP contribution in [0.5, 0.6) is 0 Å². The van der Waals surface area contributed by atoms with Crippen LogP contribution in [-0.2, 0) is 0 Å². The van der Waals surface area contributed by atoms with Crippen LogP contribution < -0.4 is 4.90 Å². The lowest BCUT2D eigenvalue weighted by atomic mass is 10.1. The Morgan fingerprint density at radius 2 is 1.26 bits per heavy atom. The van der Waals surface area contributed by atoms with Crippen molar-refractivity contribution in [1.82, 2.24) is 0 Å². The Kier molecular flexibility index (Phi) is 8.31. The first-order valence-electron chi connectivity index (χ1n) is 12.6. The highest BCUT2D eigenvalue weighted by Crippen LogP contribution is 2.36. The van der Waals surface area contributed by atoms with Gasteiger partial charge in [0, 0.05) is 13.1 Å². The number of thiophene rings is 1. The van der Waals surface area contributed by atoms with Gasteiger partial charge in [-0.1, -0.05) is 40.6 Å². The monoisotopic (exact) mass is 541 g/mol. The molecule has 1 saturated heterocycles. The van der Waals surface area contributed by atoms with E-state index in [-0.39, 0.29) is 0 Å². The van der Waals surface area contributed by atoms with Crippen LogP contribution in [0.25, 0.3) is 0 Å². The number of piperidine rings is 1. The fraction of sp³-hybridized carbons (Fsp3) is 0.241. The number of benzene rings is 3. The van der Waals surface area contributed by atoms with Crippen molar-refractivity contribution >= 4 is 61.4 Å². The summed E-state index contributed by atoms with van der Waals surface area (Å²) in [6, 6.07) is 23.1. The van der Waals surface area contributed by atoms with Gasteiger partial charge in [-0.05, 0) is 99.3 Å². The van der Waals surface area contributed by atoms with Crippen LogP contribution in [0.3, 0.4) is 0 Å². The minimum Gasteiger partial charge on any atom is -0.363 e. The van der Waals surface area contributed by atoms with Crippen LogP contribution in [0, 0.1) is 13.8 Å². The van der Waals surface area contributed by atoms with E-state index in [9.17, 15) is 0 Å². The summed E-state index contributed by atoms with van der Waals surface area (Å²) in [5.74, 6) is 0. The third-order valence-corrected chi connectivity index (χ3v) is 7.53. The van der Waals surface area contributed by atoms with Crippen LogP contribution in [0.4, 0.5) is 38.4 Å². The fourth-order valence-corrected chi connectivity index (χ4v) is 5.14. The SMILES string of the molecule is Cc1ccc(N=Nc2ccc(N=Nc3ccc(N=Nc4ccc(N5CCCCC5)s4)cc3C)cc2Cl)cc1. The van der Waals surface area contributed by atoms with Crippen LogP contribution in [0.15, 0.2) is 103 Å². The van der Waals surface area contributed by atoms with Gasteiger partial charge in [-0.2, -0.15) is 15.3 Å². The Labute approximate surface area is 231 Å². The minimum atomic E-state index is 0.460. The standard InChI is InChI=1S/C29H28ClN7S/c1-20-6-8-22(9-7-20)31-35-27-13-11-24(19-25(27)30)32-34-26-12-10-23(18-21(26)2)33-36-28-14-15-29(38-28)37-16-4-3-5-17-37/h6-15,18-19H,3-5,16-17H2,1-2H3. The summed E-state index contributed by atoms with van der Waals surface area (Å²) in [5, 5.41) is 28.8. The Morgan fingerprint density at radius 3 is 2.00 bits per heavy atom. The highest BCUT2D eigenvalue weighted by atomic mass is 35.5. The third kappa shape index (κ3) is 6.76. The molecule has 38 heavy (non-hydrogen) atoms. The van der Waals surface area contributed by atoms with Gasteiger partial charge in [0.25, 0.3) is 0 Å². The maximum Gasteiger partial charge on any atom is 0.140 e. The highest BCUT2D eigenvalue weighted by molar-refractivity contribution is 7.19. The number of azo groups is 3. The lowest BCUT2D eigenvalue weighted by molar-refractivity contribution is 0.580. The van der Waals surface area contributed by atoms with Gasteiger partial charge >= 0.3 is 0 Å². The number of rotatable bonds is 7. The first-order valence-corrected chi connectivity index (χ1v) is 13.8. The molecule has 1 aliphatic rings. The molecule has 0 unspecified atom stereocenters. The number of hydrogen-bond acceptors (Lipinski definition) is 8. The zero-order valence-corrected chi connectivity index (χ0v) is 23.0. The van der Waals surface area contributed by atoms with E-state index < -0.39 is 0 Å². The number of hydrogen-bond donors (Lipinski definition) is 0. The van der Waals surface area contributed by atoms with E-state index in [1.807, 2.05) is 68.4 Å². The first-order chi connectivity index (χ1) is 18.5. The maximum atomic E-state index is 6.41. The predicted octanol–water partition coefficient (Wildman–Crippen LogP) is 11.3. The number of nitrogens with zero attached hydrogens (tertiary/aromatic N) is 7. The van der Waals surface area contributed by atoms with Gasteiger partial charge in [0.2, 0.25) is 0 Å². The summed E-state index contributed by atoms with van der Waals surface area (Å²) in [7, 11) is 0. The van der Waals surface area contributed by atoms with E-state index in [4.69, 9.17) is 11.6 Å². The van der Waals surface area contributed by atoms with E-state index >= 15 is 0 Å². The average molecular weight is 542 g/mol. The summed E-state index contributed by atoms with van der Waals surface area (Å²) in [4.78, 5) is 2.44. The van der Waals surface area contributed by atoms with Gasteiger partial charge < -0.3 is 4.90 Å². The molecule has 0 spiro atoms. The van der Waals surface area contributed by atoms with Crippen molar-refractivity contribution in [3.8, 4) is 0 Å². The fourth-order valence-electron chi connectivity index (χ4n) is 4.05. The molecule has 1 aliphatic heterocycles. The minimum absolute atomic E-state index is 0.460. The molecule has 0 aliphatic carbocycles. The van der Waals surface area contributed by atoms with Crippen molar-refractivity contribution in [2.24, 2.45) is 30.7 Å². The van der Waals surface area contributed by atoms with Crippen molar-refractivity contribution in [2.75, 3.05) is 18.0 Å².